The highest BCUT2D eigenvalue weighted by Crippen LogP contribution is 2.33. The Balaban J connectivity index is 2.02. The Hall–Kier alpha value is -0.500. The maximum absolute atomic E-state index is 12.3. The van der Waals surface area contributed by atoms with E-state index < -0.39 is 12.0 Å². The van der Waals surface area contributed by atoms with Crippen LogP contribution >= 0.6 is 23.3 Å². The second-order valence-corrected chi connectivity index (χ2v) is 5.71. The van der Waals surface area contributed by atoms with Gasteiger partial charge in [0.2, 0.25) is 11.0 Å². The summed E-state index contributed by atoms with van der Waals surface area (Å²) in [6, 6.07) is 0.207. The van der Waals surface area contributed by atoms with Gasteiger partial charge in [-0.1, -0.05) is 6.42 Å². The molecule has 0 radical (unpaired) electrons. The predicted molar refractivity (Wildman–Crippen MR) is 63.5 cm³/mol. The Bertz CT molecular complexity index is 380. The molecular weight excluding hydrogens is 271 g/mol. The third-order valence-electron chi connectivity index (χ3n) is 2.74. The van der Waals surface area contributed by atoms with E-state index in [4.69, 9.17) is 0 Å². The Morgan fingerprint density at radius 3 is 2.76 bits per heavy atom. The van der Waals surface area contributed by atoms with Crippen LogP contribution in [0.1, 0.15) is 25.1 Å². The van der Waals surface area contributed by atoms with Gasteiger partial charge in [-0.2, -0.15) is 34.3 Å². The van der Waals surface area contributed by atoms with Gasteiger partial charge in [0, 0.05) is 22.8 Å². The molecule has 1 aliphatic rings. The van der Waals surface area contributed by atoms with Crippen LogP contribution in [0.2, 0.25) is 0 Å². The minimum atomic E-state index is -4.45. The van der Waals surface area contributed by atoms with Crippen LogP contribution in [0.25, 0.3) is 0 Å². The SMILES string of the molecule is CSC1CCCC1Nc1nc(C(F)(F)F)ns1. The first-order valence-corrected chi connectivity index (χ1v) is 7.27. The molecule has 1 heterocycles. The van der Waals surface area contributed by atoms with Gasteiger partial charge in [-0.05, 0) is 19.1 Å². The van der Waals surface area contributed by atoms with Gasteiger partial charge in [0.1, 0.15) is 0 Å². The molecule has 1 aliphatic carbocycles. The number of hydrogen-bond donors (Lipinski definition) is 1. The fourth-order valence-corrected chi connectivity index (χ4v) is 3.51. The number of rotatable bonds is 3. The van der Waals surface area contributed by atoms with E-state index in [2.05, 4.69) is 14.7 Å². The third-order valence-corrected chi connectivity index (χ3v) is 4.56. The average molecular weight is 283 g/mol. The lowest BCUT2D eigenvalue weighted by atomic mass is 10.2. The van der Waals surface area contributed by atoms with Gasteiger partial charge < -0.3 is 5.32 Å². The van der Waals surface area contributed by atoms with Crippen LogP contribution in [0.4, 0.5) is 18.3 Å². The summed E-state index contributed by atoms with van der Waals surface area (Å²) in [7, 11) is 0. The highest BCUT2D eigenvalue weighted by Gasteiger charge is 2.36. The molecule has 0 aliphatic heterocycles. The summed E-state index contributed by atoms with van der Waals surface area (Å²) in [4.78, 5) is 3.48. The van der Waals surface area contributed by atoms with Gasteiger partial charge in [0.05, 0.1) is 0 Å². The third kappa shape index (κ3) is 3.04. The molecule has 0 amide bonds. The summed E-state index contributed by atoms with van der Waals surface area (Å²) >= 11 is 2.52. The Morgan fingerprint density at radius 2 is 2.18 bits per heavy atom. The van der Waals surface area contributed by atoms with Crippen molar-refractivity contribution in [2.45, 2.75) is 36.7 Å². The fraction of sp³-hybridized carbons (Fsp3) is 0.778. The zero-order valence-electron chi connectivity index (χ0n) is 9.12. The van der Waals surface area contributed by atoms with Crippen molar-refractivity contribution >= 4 is 28.4 Å². The molecule has 0 saturated heterocycles. The van der Waals surface area contributed by atoms with Crippen molar-refractivity contribution in [3.8, 4) is 0 Å². The van der Waals surface area contributed by atoms with Gasteiger partial charge in [-0.25, -0.2) is 0 Å². The fourth-order valence-electron chi connectivity index (χ4n) is 1.93. The van der Waals surface area contributed by atoms with E-state index in [1.54, 1.807) is 11.8 Å². The maximum Gasteiger partial charge on any atom is 0.452 e. The predicted octanol–water partition coefficient (Wildman–Crippen LogP) is 3.25. The molecule has 96 valence electrons. The molecule has 1 aromatic heterocycles. The number of alkyl halides is 3. The zero-order chi connectivity index (χ0) is 12.5. The van der Waals surface area contributed by atoms with Crippen LogP contribution in [0, 0.1) is 0 Å². The van der Waals surface area contributed by atoms with Crippen LogP contribution in [-0.4, -0.2) is 26.9 Å². The van der Waals surface area contributed by atoms with Crippen LogP contribution < -0.4 is 5.32 Å². The number of anilines is 1. The molecule has 0 bridgehead atoms. The Kier molecular flexibility index (Phi) is 3.82. The van der Waals surface area contributed by atoms with E-state index in [9.17, 15) is 13.2 Å². The summed E-state index contributed by atoms with van der Waals surface area (Å²) in [6.45, 7) is 0. The standard InChI is InChI=1S/C9H12F3N3S2/c1-16-6-4-2-3-5(6)13-8-14-7(15-17-8)9(10,11)12/h5-6H,2-4H2,1H3,(H,13,14,15). The highest BCUT2D eigenvalue weighted by atomic mass is 32.2. The molecule has 0 spiro atoms. The monoisotopic (exact) mass is 283 g/mol. The van der Waals surface area contributed by atoms with Crippen molar-refractivity contribution in [2.24, 2.45) is 0 Å². The molecule has 1 fully saturated rings. The molecule has 1 saturated carbocycles. The molecule has 2 unspecified atom stereocenters. The van der Waals surface area contributed by atoms with Gasteiger partial charge in [-0.15, -0.1) is 0 Å². The molecular formula is C9H12F3N3S2. The minimum absolute atomic E-state index is 0.207. The zero-order valence-corrected chi connectivity index (χ0v) is 10.8. The van der Waals surface area contributed by atoms with Gasteiger partial charge in [-0.3, -0.25) is 0 Å². The highest BCUT2D eigenvalue weighted by molar-refractivity contribution is 7.99. The topological polar surface area (TPSA) is 37.8 Å². The maximum atomic E-state index is 12.3. The Labute approximate surface area is 105 Å². The number of nitrogens with zero attached hydrogens (tertiary/aromatic N) is 2. The minimum Gasteiger partial charge on any atom is -0.356 e. The lowest BCUT2D eigenvalue weighted by Gasteiger charge is -2.17. The number of hydrogen-bond acceptors (Lipinski definition) is 5. The van der Waals surface area contributed by atoms with E-state index in [1.807, 2.05) is 6.26 Å². The van der Waals surface area contributed by atoms with Crippen LogP contribution in [-0.2, 0) is 6.18 Å². The molecule has 1 N–H and O–H groups in total. The first-order chi connectivity index (χ1) is 8.00. The number of halogens is 3. The van der Waals surface area contributed by atoms with Crippen molar-refractivity contribution in [3.05, 3.63) is 5.82 Å². The van der Waals surface area contributed by atoms with E-state index in [-0.39, 0.29) is 11.2 Å². The van der Waals surface area contributed by atoms with Crippen molar-refractivity contribution in [1.82, 2.24) is 9.36 Å². The van der Waals surface area contributed by atoms with Gasteiger partial charge >= 0.3 is 6.18 Å². The summed E-state index contributed by atoms with van der Waals surface area (Å²) < 4.78 is 40.2. The normalized spacial score (nSPS) is 25.2. The summed E-state index contributed by atoms with van der Waals surface area (Å²) in [5, 5.41) is 3.78. The largest absolute Gasteiger partial charge is 0.452 e. The molecule has 2 atom stereocenters. The lowest BCUT2D eigenvalue weighted by Crippen LogP contribution is -2.25. The molecule has 17 heavy (non-hydrogen) atoms. The molecule has 1 aromatic rings. The van der Waals surface area contributed by atoms with Gasteiger partial charge in [0.25, 0.3) is 0 Å². The second kappa shape index (κ2) is 5.01. The van der Waals surface area contributed by atoms with Crippen molar-refractivity contribution in [2.75, 3.05) is 11.6 Å². The van der Waals surface area contributed by atoms with Crippen molar-refractivity contribution in [3.63, 3.8) is 0 Å². The van der Waals surface area contributed by atoms with Crippen LogP contribution in [0.15, 0.2) is 0 Å². The molecule has 2 rings (SSSR count). The smallest absolute Gasteiger partial charge is 0.356 e. The van der Waals surface area contributed by atoms with Crippen molar-refractivity contribution < 1.29 is 13.2 Å². The summed E-state index contributed by atoms with van der Waals surface area (Å²) in [6.07, 6.45) is 0.751. The summed E-state index contributed by atoms with van der Waals surface area (Å²) in [5.74, 6) is -1.05. The summed E-state index contributed by atoms with van der Waals surface area (Å²) in [5.41, 5.74) is 0. The van der Waals surface area contributed by atoms with E-state index in [1.165, 1.54) is 0 Å². The lowest BCUT2D eigenvalue weighted by molar-refractivity contribution is -0.144. The second-order valence-electron chi connectivity index (χ2n) is 3.88. The first-order valence-electron chi connectivity index (χ1n) is 5.21. The molecule has 8 heteroatoms. The molecule has 3 nitrogen and oxygen atoms in total. The number of thioether (sulfide) groups is 1. The number of nitrogens with one attached hydrogen (secondary N) is 1. The van der Waals surface area contributed by atoms with Crippen LogP contribution in [0.3, 0.4) is 0 Å². The van der Waals surface area contributed by atoms with Gasteiger partial charge in [0.15, 0.2) is 0 Å². The van der Waals surface area contributed by atoms with E-state index in [0.717, 1.165) is 30.8 Å². The average Bonchev–Trinajstić information content (AvgIpc) is 2.86. The van der Waals surface area contributed by atoms with E-state index >= 15 is 0 Å². The van der Waals surface area contributed by atoms with Crippen LogP contribution in [0.5, 0.6) is 0 Å². The quantitative estimate of drug-likeness (QED) is 0.924. The molecule has 0 aromatic carbocycles. The first kappa shape index (κ1) is 12.9. The van der Waals surface area contributed by atoms with Crippen molar-refractivity contribution in [1.29, 1.82) is 0 Å². The number of aromatic nitrogens is 2. The Morgan fingerprint density at radius 1 is 1.41 bits per heavy atom. The van der Waals surface area contributed by atoms with E-state index in [0.29, 0.717) is 5.25 Å².